The number of anilines is 3. The number of aryl methyl sites for hydroxylation is 2. The van der Waals surface area contributed by atoms with Crippen molar-refractivity contribution in [2.45, 2.75) is 20.3 Å². The molecular weight excluding hydrogens is 352 g/mol. The Morgan fingerprint density at radius 3 is 2.71 bits per heavy atom. The average molecular weight is 370 g/mol. The van der Waals surface area contributed by atoms with Crippen LogP contribution in [0.2, 0.25) is 0 Å². The van der Waals surface area contributed by atoms with Crippen LogP contribution in [-0.2, 0) is 4.79 Å². The third kappa shape index (κ3) is 3.12. The normalized spacial score (nSPS) is 10.8. The summed E-state index contributed by atoms with van der Waals surface area (Å²) in [7, 11) is 0. The molecule has 7 heteroatoms. The molecule has 138 valence electrons. The molecule has 0 unspecified atom stereocenters. The van der Waals surface area contributed by atoms with Crippen LogP contribution in [0.5, 0.6) is 0 Å². The first kappa shape index (κ1) is 17.5. The fraction of sp³-hybridized carbons (Fsp3) is 0.143. The molecule has 2 aromatic heterocycles. The quantitative estimate of drug-likeness (QED) is 0.564. The summed E-state index contributed by atoms with van der Waals surface area (Å²) in [6.07, 6.45) is 3.29. The van der Waals surface area contributed by atoms with Crippen molar-refractivity contribution in [3.05, 3.63) is 60.0 Å². The molecule has 2 N–H and O–H groups in total. The molecule has 0 fully saturated rings. The second-order valence-corrected chi connectivity index (χ2v) is 6.59. The van der Waals surface area contributed by atoms with Crippen molar-refractivity contribution in [2.24, 2.45) is 0 Å². The van der Waals surface area contributed by atoms with Crippen molar-refractivity contribution in [3.8, 4) is 6.07 Å². The molecule has 0 spiro atoms. The fourth-order valence-corrected chi connectivity index (χ4v) is 3.23. The summed E-state index contributed by atoms with van der Waals surface area (Å²) in [6, 6.07) is 13.4. The molecule has 0 aliphatic rings. The van der Waals surface area contributed by atoms with E-state index in [0.717, 1.165) is 33.4 Å². The number of nitrogens with zero attached hydrogens (tertiary/aromatic N) is 4. The van der Waals surface area contributed by atoms with Gasteiger partial charge in [0.05, 0.1) is 29.6 Å². The lowest BCUT2D eigenvalue weighted by Gasteiger charge is -2.14. The molecule has 2 heterocycles. The number of aromatic nitrogens is 3. The van der Waals surface area contributed by atoms with Crippen molar-refractivity contribution < 1.29 is 4.79 Å². The van der Waals surface area contributed by atoms with Crippen LogP contribution in [0.4, 0.5) is 17.2 Å². The Kier molecular flexibility index (Phi) is 4.38. The van der Waals surface area contributed by atoms with Gasteiger partial charge in [-0.15, -0.1) is 0 Å². The number of hydrogen-bond acceptors (Lipinski definition) is 5. The van der Waals surface area contributed by atoms with Gasteiger partial charge in [-0.1, -0.05) is 18.2 Å². The Balaban J connectivity index is 1.80. The molecule has 0 saturated heterocycles. The summed E-state index contributed by atoms with van der Waals surface area (Å²) in [5, 5.41) is 14.8. The smallest absolute Gasteiger partial charge is 0.238 e. The zero-order chi connectivity index (χ0) is 19.7. The summed E-state index contributed by atoms with van der Waals surface area (Å²) < 4.78 is 1.93. The number of hydrogen-bond donors (Lipinski definition) is 2. The highest BCUT2D eigenvalue weighted by atomic mass is 16.1. The minimum Gasteiger partial charge on any atom is -0.338 e. The lowest BCUT2D eigenvalue weighted by Crippen LogP contribution is -2.10. The highest BCUT2D eigenvalue weighted by Gasteiger charge is 2.12. The lowest BCUT2D eigenvalue weighted by molar-refractivity contribution is -0.115. The van der Waals surface area contributed by atoms with Crippen LogP contribution in [0, 0.1) is 25.2 Å². The molecule has 0 atom stereocenters. The maximum absolute atomic E-state index is 11.7. The van der Waals surface area contributed by atoms with Crippen molar-refractivity contribution >= 4 is 39.6 Å². The number of imidazole rings is 1. The van der Waals surface area contributed by atoms with Gasteiger partial charge in [-0.25, -0.2) is 9.97 Å². The fourth-order valence-electron chi connectivity index (χ4n) is 3.23. The maximum atomic E-state index is 11.7. The average Bonchev–Trinajstić information content (AvgIpc) is 3.16. The van der Waals surface area contributed by atoms with Crippen molar-refractivity contribution in [1.82, 2.24) is 14.4 Å². The maximum Gasteiger partial charge on any atom is 0.238 e. The zero-order valence-electron chi connectivity index (χ0n) is 15.5. The minimum absolute atomic E-state index is 0.185. The van der Waals surface area contributed by atoms with Crippen molar-refractivity contribution in [3.63, 3.8) is 0 Å². The van der Waals surface area contributed by atoms with E-state index in [0.29, 0.717) is 11.5 Å². The van der Waals surface area contributed by atoms with Crippen LogP contribution in [0.1, 0.15) is 17.5 Å². The monoisotopic (exact) mass is 370 g/mol. The second kappa shape index (κ2) is 7.00. The van der Waals surface area contributed by atoms with E-state index in [1.54, 1.807) is 18.6 Å². The van der Waals surface area contributed by atoms with E-state index in [-0.39, 0.29) is 12.3 Å². The van der Waals surface area contributed by atoms with Gasteiger partial charge in [0.2, 0.25) is 5.91 Å². The van der Waals surface area contributed by atoms with Gasteiger partial charge in [0.1, 0.15) is 11.9 Å². The molecule has 1 amide bonds. The summed E-state index contributed by atoms with van der Waals surface area (Å²) >= 11 is 0. The van der Waals surface area contributed by atoms with Gasteiger partial charge < -0.3 is 10.6 Å². The highest BCUT2D eigenvalue weighted by molar-refractivity contribution is 5.95. The van der Waals surface area contributed by atoms with Gasteiger partial charge in [-0.3, -0.25) is 9.20 Å². The SMILES string of the molecule is Cc1cccc(C)c1Nc1nc2ccc(NC(=O)CC#N)cc2n2cncc12. The summed E-state index contributed by atoms with van der Waals surface area (Å²) in [6.45, 7) is 4.11. The van der Waals surface area contributed by atoms with Crippen LogP contribution in [-0.4, -0.2) is 20.3 Å². The third-order valence-corrected chi connectivity index (χ3v) is 4.60. The van der Waals surface area contributed by atoms with Crippen LogP contribution in [0.25, 0.3) is 16.6 Å². The Morgan fingerprint density at radius 2 is 1.96 bits per heavy atom. The van der Waals surface area contributed by atoms with E-state index in [9.17, 15) is 4.79 Å². The number of carbonyl (C=O) groups is 1. The van der Waals surface area contributed by atoms with Gasteiger partial charge in [0, 0.05) is 11.4 Å². The topological polar surface area (TPSA) is 95.1 Å². The number of nitriles is 1. The summed E-state index contributed by atoms with van der Waals surface area (Å²) in [4.78, 5) is 20.7. The molecule has 0 aliphatic carbocycles. The third-order valence-electron chi connectivity index (χ3n) is 4.60. The zero-order valence-corrected chi connectivity index (χ0v) is 15.5. The number of para-hydroxylation sites is 1. The Bertz CT molecular complexity index is 1230. The van der Waals surface area contributed by atoms with E-state index < -0.39 is 0 Å². The van der Waals surface area contributed by atoms with Crippen LogP contribution >= 0.6 is 0 Å². The molecule has 4 rings (SSSR count). The number of amides is 1. The molecular formula is C21H18N6O. The van der Waals surface area contributed by atoms with Crippen LogP contribution in [0.15, 0.2) is 48.9 Å². The second-order valence-electron chi connectivity index (χ2n) is 6.59. The van der Waals surface area contributed by atoms with E-state index in [1.165, 1.54) is 0 Å². The Labute approximate surface area is 161 Å². The first-order valence-electron chi connectivity index (χ1n) is 8.82. The molecule has 28 heavy (non-hydrogen) atoms. The van der Waals surface area contributed by atoms with Crippen LogP contribution < -0.4 is 10.6 Å². The number of rotatable bonds is 4. The van der Waals surface area contributed by atoms with Crippen molar-refractivity contribution in [1.29, 1.82) is 5.26 Å². The van der Waals surface area contributed by atoms with E-state index in [4.69, 9.17) is 10.2 Å². The Hall–Kier alpha value is -3.92. The summed E-state index contributed by atoms with van der Waals surface area (Å²) in [5.41, 5.74) is 6.31. The highest BCUT2D eigenvalue weighted by Crippen LogP contribution is 2.29. The largest absolute Gasteiger partial charge is 0.338 e. The van der Waals surface area contributed by atoms with Gasteiger partial charge in [-0.2, -0.15) is 5.26 Å². The predicted molar refractivity (Wildman–Crippen MR) is 109 cm³/mol. The van der Waals surface area contributed by atoms with Gasteiger partial charge in [0.15, 0.2) is 5.82 Å². The predicted octanol–water partition coefficient (Wildman–Crippen LogP) is 4.10. The number of benzene rings is 2. The van der Waals surface area contributed by atoms with E-state index >= 15 is 0 Å². The van der Waals surface area contributed by atoms with Gasteiger partial charge >= 0.3 is 0 Å². The first-order chi connectivity index (χ1) is 13.6. The molecule has 0 saturated carbocycles. The number of nitrogens with one attached hydrogen (secondary N) is 2. The number of carbonyl (C=O) groups excluding carboxylic acids is 1. The molecule has 2 aromatic carbocycles. The van der Waals surface area contributed by atoms with E-state index in [1.807, 2.05) is 28.7 Å². The van der Waals surface area contributed by atoms with Gasteiger partial charge in [-0.05, 0) is 43.2 Å². The molecule has 7 nitrogen and oxygen atoms in total. The minimum atomic E-state index is -0.343. The lowest BCUT2D eigenvalue weighted by atomic mass is 10.1. The first-order valence-corrected chi connectivity index (χ1v) is 8.82. The summed E-state index contributed by atoms with van der Waals surface area (Å²) in [5.74, 6) is 0.369. The molecule has 4 aromatic rings. The number of fused-ring (bicyclic) bond motifs is 3. The van der Waals surface area contributed by atoms with Gasteiger partial charge in [0.25, 0.3) is 0 Å². The van der Waals surface area contributed by atoms with E-state index in [2.05, 4.69) is 41.6 Å². The molecule has 0 radical (unpaired) electrons. The van der Waals surface area contributed by atoms with Crippen molar-refractivity contribution in [2.75, 3.05) is 10.6 Å². The van der Waals surface area contributed by atoms with Crippen LogP contribution in [0.3, 0.4) is 0 Å². The molecule has 0 aliphatic heterocycles. The standard InChI is InChI=1S/C21H18N6O/c1-13-4-3-5-14(2)20(13)26-21-18-11-23-12-27(18)17-10-15(6-7-16(17)25-21)24-19(28)8-9-22/h3-7,10-12H,8H2,1-2H3,(H,24,28)(H,25,26). The molecule has 0 bridgehead atoms. The Morgan fingerprint density at radius 1 is 1.18 bits per heavy atom.